The molecule has 1 aromatic rings. The summed E-state index contributed by atoms with van der Waals surface area (Å²) in [6.07, 6.45) is 6.88. The van der Waals surface area contributed by atoms with Crippen molar-refractivity contribution < 1.29 is 0 Å². The van der Waals surface area contributed by atoms with E-state index >= 15 is 0 Å². The van der Waals surface area contributed by atoms with Gasteiger partial charge in [-0.25, -0.2) is 0 Å². The van der Waals surface area contributed by atoms with Gasteiger partial charge < -0.3 is 0 Å². The van der Waals surface area contributed by atoms with Gasteiger partial charge in [-0.05, 0) is 66.9 Å². The van der Waals surface area contributed by atoms with Crippen LogP contribution >= 0.6 is 113 Å². The minimum absolute atomic E-state index is 0.729. The van der Waals surface area contributed by atoms with Crippen LogP contribution in [0.25, 0.3) is 0 Å². The molecule has 0 nitrogen and oxygen atoms in total. The van der Waals surface area contributed by atoms with Crippen LogP contribution in [0.5, 0.6) is 0 Å². The number of halogens is 5. The molecule has 0 bridgehead atoms. The van der Waals surface area contributed by atoms with E-state index in [0.717, 1.165) is 43.3 Å². The van der Waals surface area contributed by atoms with E-state index in [2.05, 4.69) is 151 Å². The fourth-order valence-corrected chi connectivity index (χ4v) is 11.2. The molecule has 2 aliphatic carbocycles. The minimum Gasteiger partial charge on any atom is -0.0820 e. The third-order valence-corrected chi connectivity index (χ3v) is 17.3. The third kappa shape index (κ3) is 5.63. The molecule has 1 saturated carbocycles. The Balaban J connectivity index is 1.81. The van der Waals surface area contributed by atoms with E-state index in [9.17, 15) is 0 Å². The smallest absolute Gasteiger partial charge is 0.0348 e. The number of rotatable bonds is 5. The molecule has 8 unspecified atom stereocenters. The van der Waals surface area contributed by atoms with E-state index in [0.29, 0.717) is 0 Å². The number of hydrogen-bond acceptors (Lipinski definition) is 0. The van der Waals surface area contributed by atoms with Gasteiger partial charge in [0.25, 0.3) is 0 Å². The van der Waals surface area contributed by atoms with Crippen molar-refractivity contribution in [3.8, 4) is 0 Å². The molecule has 2 aliphatic rings. The summed E-state index contributed by atoms with van der Waals surface area (Å²) < 4.78 is 4.05. The Morgan fingerprint density at radius 2 is 1.63 bits per heavy atom. The highest BCUT2D eigenvalue weighted by atomic mass is 127. The van der Waals surface area contributed by atoms with Crippen molar-refractivity contribution in [1.29, 1.82) is 0 Å². The zero-order chi connectivity index (χ0) is 19.7. The van der Waals surface area contributed by atoms with Crippen LogP contribution in [0.15, 0.2) is 24.3 Å². The molecule has 9 atom stereocenters. The molecule has 1 fully saturated rings. The Labute approximate surface area is 234 Å². The van der Waals surface area contributed by atoms with Crippen LogP contribution in [0.3, 0.4) is 0 Å². The van der Waals surface area contributed by atoms with E-state index in [4.69, 9.17) is 0 Å². The number of fused-ring (bicyclic) bond motifs is 1. The lowest BCUT2D eigenvalue weighted by molar-refractivity contribution is 0.288. The fraction of sp³-hybridized carbons (Fsp3) is 0.727. The van der Waals surface area contributed by atoms with Crippen LogP contribution in [0, 0.1) is 11.8 Å². The van der Waals surface area contributed by atoms with Gasteiger partial charge in [0.15, 0.2) is 0 Å². The molecule has 0 aromatic heterocycles. The monoisotopic (exact) mass is 928 g/mol. The highest BCUT2D eigenvalue weighted by Gasteiger charge is 2.41. The van der Waals surface area contributed by atoms with E-state index < -0.39 is 0 Å². The molecular weight excluding hydrogens is 899 g/mol. The number of alkyl halides is 5. The lowest BCUT2D eigenvalue weighted by Gasteiger charge is -2.43. The van der Waals surface area contributed by atoms with Crippen LogP contribution in [-0.4, -0.2) is 19.6 Å². The first-order chi connectivity index (χ1) is 12.8. The van der Waals surface area contributed by atoms with E-state index in [-0.39, 0.29) is 0 Å². The van der Waals surface area contributed by atoms with Gasteiger partial charge in [0.1, 0.15) is 0 Å². The van der Waals surface area contributed by atoms with Crippen molar-refractivity contribution in [2.24, 2.45) is 11.8 Å². The van der Waals surface area contributed by atoms with Crippen molar-refractivity contribution in [1.82, 2.24) is 0 Å². The van der Waals surface area contributed by atoms with Crippen LogP contribution in [0.1, 0.15) is 68.9 Å². The summed E-state index contributed by atoms with van der Waals surface area (Å²) in [5.74, 6) is 3.14. The van der Waals surface area contributed by atoms with Crippen molar-refractivity contribution in [2.45, 2.75) is 77.4 Å². The molecule has 0 amide bonds. The van der Waals surface area contributed by atoms with Crippen molar-refractivity contribution in [3.63, 3.8) is 0 Å². The summed E-state index contributed by atoms with van der Waals surface area (Å²) in [5, 5.41) is 0. The average molecular weight is 928 g/mol. The predicted octanol–water partition coefficient (Wildman–Crippen LogP) is 9.12. The number of hydrogen-bond donors (Lipinski definition) is 0. The van der Waals surface area contributed by atoms with Crippen LogP contribution < -0.4 is 0 Å². The first-order valence-electron chi connectivity index (χ1n) is 10.1. The molecule has 0 saturated heterocycles. The second-order valence-corrected chi connectivity index (χ2v) is 16.1. The zero-order valence-corrected chi connectivity index (χ0v) is 26.7. The van der Waals surface area contributed by atoms with Gasteiger partial charge in [-0.1, -0.05) is 151 Å². The quantitative estimate of drug-likeness (QED) is 0.204. The second-order valence-electron chi connectivity index (χ2n) is 8.39. The Morgan fingerprint density at radius 1 is 0.963 bits per heavy atom. The summed E-state index contributed by atoms with van der Waals surface area (Å²) in [7, 11) is 0. The summed E-state index contributed by atoms with van der Waals surface area (Å²) in [5.41, 5.74) is 3.34. The standard InChI is InChI=1S/C22H29I5/c1-3-17(23)16-11-19(25)20(15-7-5-4-6-14(15)16)12(2)10-13-8-9-18(24)22(27)21(13)26/h4-7,12-13,16-22H,3,8-11H2,1-2H3/t12-,13?,16?,17?,18?,19?,20?,21?,22?/m1/s1. The van der Waals surface area contributed by atoms with Gasteiger partial charge in [0.05, 0.1) is 0 Å². The second kappa shape index (κ2) is 11.1. The highest BCUT2D eigenvalue weighted by Crippen LogP contribution is 2.51. The van der Waals surface area contributed by atoms with Crippen LogP contribution in [-0.2, 0) is 0 Å². The zero-order valence-electron chi connectivity index (χ0n) is 15.9. The van der Waals surface area contributed by atoms with Gasteiger partial charge in [-0.3, -0.25) is 0 Å². The van der Waals surface area contributed by atoms with E-state index in [1.807, 2.05) is 0 Å². The molecule has 3 rings (SSSR count). The normalized spacial score (nSPS) is 38.9. The Hall–Kier alpha value is 2.87. The summed E-state index contributed by atoms with van der Waals surface area (Å²) in [6.45, 7) is 4.90. The predicted molar refractivity (Wildman–Crippen MR) is 162 cm³/mol. The summed E-state index contributed by atoms with van der Waals surface area (Å²) in [6, 6.07) is 9.44. The van der Waals surface area contributed by atoms with Gasteiger partial charge in [-0.15, -0.1) is 0 Å². The maximum absolute atomic E-state index is 2.79. The topological polar surface area (TPSA) is 0 Å². The van der Waals surface area contributed by atoms with Gasteiger partial charge in [-0.2, -0.15) is 0 Å². The molecule has 1 aromatic carbocycles. The molecule has 5 heteroatoms. The Kier molecular flexibility index (Phi) is 10.1. The van der Waals surface area contributed by atoms with Crippen LogP contribution in [0.2, 0.25) is 0 Å². The lowest BCUT2D eigenvalue weighted by Crippen LogP contribution is -2.38. The molecule has 0 heterocycles. The molecule has 0 aliphatic heterocycles. The van der Waals surface area contributed by atoms with Gasteiger partial charge in [0, 0.05) is 19.6 Å². The molecule has 0 N–H and O–H groups in total. The van der Waals surface area contributed by atoms with E-state index in [1.54, 1.807) is 11.1 Å². The first kappa shape index (κ1) is 24.5. The molecule has 152 valence electrons. The van der Waals surface area contributed by atoms with Crippen molar-refractivity contribution in [3.05, 3.63) is 35.4 Å². The molecular formula is C22H29I5. The molecule has 0 spiro atoms. The average Bonchev–Trinajstić information content (AvgIpc) is 2.67. The SMILES string of the molecule is CCC(I)C1CC(I)C([C@H](C)CC2CCC(I)C(I)C2I)c2ccccc21. The van der Waals surface area contributed by atoms with Gasteiger partial charge in [0.2, 0.25) is 0 Å². The maximum atomic E-state index is 2.79. The summed E-state index contributed by atoms with van der Waals surface area (Å²) >= 11 is 13.7. The summed E-state index contributed by atoms with van der Waals surface area (Å²) in [4.78, 5) is 0. The number of benzene rings is 1. The maximum Gasteiger partial charge on any atom is 0.0348 e. The Bertz CT molecular complexity index is 620. The largest absolute Gasteiger partial charge is 0.0820 e. The molecule has 0 radical (unpaired) electrons. The van der Waals surface area contributed by atoms with Gasteiger partial charge >= 0.3 is 0 Å². The van der Waals surface area contributed by atoms with E-state index in [1.165, 1.54) is 32.1 Å². The Morgan fingerprint density at radius 3 is 2.30 bits per heavy atom. The van der Waals surface area contributed by atoms with Crippen LogP contribution in [0.4, 0.5) is 0 Å². The first-order valence-corrected chi connectivity index (χ1v) is 16.4. The fourth-order valence-electron chi connectivity index (χ4n) is 5.18. The van der Waals surface area contributed by atoms with Crippen molar-refractivity contribution >= 4 is 113 Å². The molecule has 27 heavy (non-hydrogen) atoms. The third-order valence-electron chi connectivity index (χ3n) is 6.65. The highest BCUT2D eigenvalue weighted by molar-refractivity contribution is 14.1. The minimum atomic E-state index is 0.729. The van der Waals surface area contributed by atoms with Crippen molar-refractivity contribution in [2.75, 3.05) is 0 Å². The lowest BCUT2D eigenvalue weighted by atomic mass is 9.68.